The van der Waals surface area contributed by atoms with Crippen LogP contribution in [0.1, 0.15) is 27.7 Å². The Hall–Kier alpha value is -1.59. The van der Waals surface area contributed by atoms with Crippen molar-refractivity contribution in [1.82, 2.24) is 10.2 Å². The molecule has 0 aliphatic carbocycles. The quantitative estimate of drug-likeness (QED) is 0.748. The lowest BCUT2D eigenvalue weighted by atomic mass is 9.91. The van der Waals surface area contributed by atoms with Gasteiger partial charge in [-0.05, 0) is 13.8 Å². The van der Waals surface area contributed by atoms with Gasteiger partial charge in [0.05, 0.1) is 5.92 Å². The molecule has 2 amide bonds. The Labute approximate surface area is 106 Å². The highest BCUT2D eigenvalue weighted by molar-refractivity contribution is 5.93. The molecule has 2 atom stereocenters. The van der Waals surface area contributed by atoms with Gasteiger partial charge >= 0.3 is 5.97 Å². The van der Waals surface area contributed by atoms with Crippen molar-refractivity contribution in [2.24, 2.45) is 11.8 Å². The molecule has 2 unspecified atom stereocenters. The molecule has 0 spiro atoms. The van der Waals surface area contributed by atoms with Crippen molar-refractivity contribution in [1.29, 1.82) is 0 Å². The Morgan fingerprint density at radius 3 is 2.39 bits per heavy atom. The number of carboxylic acids is 1. The average Bonchev–Trinajstić information content (AvgIpc) is 2.29. The molecule has 1 rings (SSSR count). The smallest absolute Gasteiger partial charge is 0.307 e. The van der Waals surface area contributed by atoms with E-state index < -0.39 is 23.3 Å². The molecule has 1 heterocycles. The van der Waals surface area contributed by atoms with Gasteiger partial charge in [0.15, 0.2) is 0 Å². The van der Waals surface area contributed by atoms with E-state index in [2.05, 4.69) is 5.32 Å². The first kappa shape index (κ1) is 14.5. The summed E-state index contributed by atoms with van der Waals surface area (Å²) in [7, 11) is 0. The SMILES string of the molecule is CC(C(=O)O)C(C)C(=O)N1CCNC(=O)C1(C)C. The van der Waals surface area contributed by atoms with Gasteiger partial charge in [-0.25, -0.2) is 0 Å². The first-order valence-electron chi connectivity index (χ1n) is 6.02. The lowest BCUT2D eigenvalue weighted by Gasteiger charge is -2.42. The van der Waals surface area contributed by atoms with Crippen LogP contribution in [0.15, 0.2) is 0 Å². The molecule has 0 aromatic carbocycles. The zero-order chi connectivity index (χ0) is 14.1. The number of nitrogens with zero attached hydrogens (tertiary/aromatic N) is 1. The Bertz CT molecular complexity index is 378. The lowest BCUT2D eigenvalue weighted by molar-refractivity contribution is -0.156. The number of hydrogen-bond acceptors (Lipinski definition) is 3. The van der Waals surface area contributed by atoms with E-state index in [4.69, 9.17) is 5.11 Å². The van der Waals surface area contributed by atoms with Gasteiger partial charge in [-0.15, -0.1) is 0 Å². The number of rotatable bonds is 3. The highest BCUT2D eigenvalue weighted by atomic mass is 16.4. The molecule has 1 aliphatic heterocycles. The number of carbonyl (C=O) groups is 3. The van der Waals surface area contributed by atoms with Crippen molar-refractivity contribution < 1.29 is 19.5 Å². The van der Waals surface area contributed by atoms with Crippen LogP contribution in [0.25, 0.3) is 0 Å². The maximum Gasteiger partial charge on any atom is 0.307 e. The Morgan fingerprint density at radius 1 is 1.33 bits per heavy atom. The van der Waals surface area contributed by atoms with Crippen LogP contribution in [-0.4, -0.2) is 46.4 Å². The van der Waals surface area contributed by atoms with Crippen LogP contribution < -0.4 is 5.32 Å². The average molecular weight is 256 g/mol. The van der Waals surface area contributed by atoms with Crippen LogP contribution in [0.2, 0.25) is 0 Å². The first-order valence-corrected chi connectivity index (χ1v) is 6.02. The number of hydrogen-bond donors (Lipinski definition) is 2. The second kappa shape index (κ2) is 4.96. The summed E-state index contributed by atoms with van der Waals surface area (Å²) in [5, 5.41) is 11.6. The largest absolute Gasteiger partial charge is 0.481 e. The van der Waals surface area contributed by atoms with E-state index in [1.165, 1.54) is 11.8 Å². The topological polar surface area (TPSA) is 86.7 Å². The van der Waals surface area contributed by atoms with Crippen molar-refractivity contribution in [3.63, 3.8) is 0 Å². The third kappa shape index (κ3) is 2.47. The van der Waals surface area contributed by atoms with E-state index in [-0.39, 0.29) is 11.8 Å². The molecule has 1 fully saturated rings. The van der Waals surface area contributed by atoms with Crippen molar-refractivity contribution in [3.8, 4) is 0 Å². The predicted octanol–water partition coefficient (Wildman–Crippen LogP) is 0.0802. The molecule has 1 saturated heterocycles. The van der Waals surface area contributed by atoms with Gasteiger partial charge < -0.3 is 15.3 Å². The molecule has 6 heteroatoms. The standard InChI is InChI=1S/C12H20N2O4/c1-7(8(2)10(16)17)9(15)14-6-5-13-11(18)12(14,3)4/h7-8H,5-6H2,1-4H3,(H,13,18)(H,16,17). The lowest BCUT2D eigenvalue weighted by Crippen LogP contribution is -2.64. The minimum absolute atomic E-state index is 0.211. The maximum absolute atomic E-state index is 12.3. The number of aliphatic carboxylic acids is 1. The van der Waals surface area contributed by atoms with Crippen molar-refractivity contribution in [2.75, 3.05) is 13.1 Å². The zero-order valence-corrected chi connectivity index (χ0v) is 11.2. The number of nitrogens with one attached hydrogen (secondary N) is 1. The summed E-state index contributed by atoms with van der Waals surface area (Å²) in [6, 6.07) is 0. The van der Waals surface area contributed by atoms with Crippen LogP contribution in [-0.2, 0) is 14.4 Å². The summed E-state index contributed by atoms with van der Waals surface area (Å²) in [5.41, 5.74) is -0.929. The van der Waals surface area contributed by atoms with E-state index in [0.29, 0.717) is 13.1 Å². The normalized spacial score (nSPS) is 22.0. The van der Waals surface area contributed by atoms with Gasteiger partial charge in [-0.1, -0.05) is 13.8 Å². The van der Waals surface area contributed by atoms with Crippen LogP contribution >= 0.6 is 0 Å². The second-order valence-corrected chi connectivity index (χ2v) is 5.22. The monoisotopic (exact) mass is 256 g/mol. The van der Waals surface area contributed by atoms with Crippen LogP contribution in [0, 0.1) is 11.8 Å². The fourth-order valence-corrected chi connectivity index (χ4v) is 1.96. The highest BCUT2D eigenvalue weighted by Gasteiger charge is 2.43. The highest BCUT2D eigenvalue weighted by Crippen LogP contribution is 2.23. The van der Waals surface area contributed by atoms with E-state index >= 15 is 0 Å². The third-order valence-corrected chi connectivity index (χ3v) is 3.65. The fourth-order valence-electron chi connectivity index (χ4n) is 1.96. The van der Waals surface area contributed by atoms with Crippen LogP contribution in [0.3, 0.4) is 0 Å². The molecule has 18 heavy (non-hydrogen) atoms. The number of carboxylic acid groups (broad SMARTS) is 1. The molecule has 0 radical (unpaired) electrons. The van der Waals surface area contributed by atoms with E-state index in [1.54, 1.807) is 20.8 Å². The maximum atomic E-state index is 12.3. The van der Waals surface area contributed by atoms with E-state index in [1.807, 2.05) is 0 Å². The van der Waals surface area contributed by atoms with Crippen molar-refractivity contribution in [2.45, 2.75) is 33.2 Å². The molecule has 0 aromatic rings. The van der Waals surface area contributed by atoms with Crippen molar-refractivity contribution in [3.05, 3.63) is 0 Å². The Kier molecular flexibility index (Phi) is 3.98. The molecule has 1 aliphatic rings. The zero-order valence-electron chi connectivity index (χ0n) is 11.2. The Morgan fingerprint density at radius 2 is 1.89 bits per heavy atom. The molecular formula is C12H20N2O4. The number of amides is 2. The summed E-state index contributed by atoms with van der Waals surface area (Å²) in [6.45, 7) is 7.23. The minimum atomic E-state index is -1.00. The van der Waals surface area contributed by atoms with Gasteiger partial charge in [-0.3, -0.25) is 14.4 Å². The third-order valence-electron chi connectivity index (χ3n) is 3.65. The Balaban J connectivity index is 2.89. The van der Waals surface area contributed by atoms with Crippen LogP contribution in [0.5, 0.6) is 0 Å². The van der Waals surface area contributed by atoms with Gasteiger partial charge in [0.2, 0.25) is 11.8 Å². The molecule has 102 valence electrons. The predicted molar refractivity (Wildman–Crippen MR) is 64.8 cm³/mol. The van der Waals surface area contributed by atoms with Gasteiger partial charge in [0.25, 0.3) is 0 Å². The fraction of sp³-hybridized carbons (Fsp3) is 0.750. The summed E-state index contributed by atoms with van der Waals surface area (Å²) in [4.78, 5) is 36.4. The summed E-state index contributed by atoms with van der Waals surface area (Å²) >= 11 is 0. The van der Waals surface area contributed by atoms with E-state index in [0.717, 1.165) is 0 Å². The molecule has 0 saturated carbocycles. The van der Waals surface area contributed by atoms with Crippen LogP contribution in [0.4, 0.5) is 0 Å². The van der Waals surface area contributed by atoms with Gasteiger partial charge in [0.1, 0.15) is 5.54 Å². The molecule has 6 nitrogen and oxygen atoms in total. The van der Waals surface area contributed by atoms with Gasteiger partial charge in [0, 0.05) is 19.0 Å². The summed E-state index contributed by atoms with van der Waals surface area (Å²) in [5.74, 6) is -2.91. The summed E-state index contributed by atoms with van der Waals surface area (Å²) in [6.07, 6.45) is 0. The van der Waals surface area contributed by atoms with E-state index in [9.17, 15) is 14.4 Å². The number of piperazine rings is 1. The number of carbonyl (C=O) groups excluding carboxylic acids is 2. The minimum Gasteiger partial charge on any atom is -0.481 e. The summed E-state index contributed by atoms with van der Waals surface area (Å²) < 4.78 is 0. The molecule has 0 aromatic heterocycles. The molecule has 0 bridgehead atoms. The van der Waals surface area contributed by atoms with Crippen molar-refractivity contribution >= 4 is 17.8 Å². The molecule has 2 N–H and O–H groups in total. The first-order chi connectivity index (χ1) is 8.19. The second-order valence-electron chi connectivity index (χ2n) is 5.22. The van der Waals surface area contributed by atoms with Gasteiger partial charge in [-0.2, -0.15) is 0 Å². The molecular weight excluding hydrogens is 236 g/mol.